The number of nitrogens with zero attached hydrogens (tertiary/aromatic N) is 2. The first-order chi connectivity index (χ1) is 7.09. The molecule has 0 radical (unpaired) electrons. The summed E-state index contributed by atoms with van der Waals surface area (Å²) >= 11 is 0. The third-order valence-electron chi connectivity index (χ3n) is 2.96. The third-order valence-corrected chi connectivity index (χ3v) is 2.96. The second kappa shape index (κ2) is 4.57. The maximum absolute atomic E-state index is 12.2. The van der Waals surface area contributed by atoms with Crippen molar-refractivity contribution in [3.8, 4) is 0 Å². The highest BCUT2D eigenvalue weighted by Gasteiger charge is 2.32. The average molecular weight is 209 g/mol. The minimum Gasteiger partial charge on any atom is -0.319 e. The molecule has 0 atom stereocenters. The van der Waals surface area contributed by atoms with Gasteiger partial charge >= 0.3 is 0 Å². The zero-order chi connectivity index (χ0) is 11.5. The molecule has 0 saturated heterocycles. The zero-order valence-corrected chi connectivity index (χ0v) is 9.66. The van der Waals surface area contributed by atoms with Gasteiger partial charge in [-0.25, -0.2) is 0 Å². The summed E-state index contributed by atoms with van der Waals surface area (Å²) in [5, 5.41) is 4.08. The lowest BCUT2D eigenvalue weighted by Gasteiger charge is -2.24. The highest BCUT2D eigenvalue weighted by atomic mass is 16.1. The predicted octanol–water partition coefficient (Wildman–Crippen LogP) is 1.60. The monoisotopic (exact) mass is 209 g/mol. The summed E-state index contributed by atoms with van der Waals surface area (Å²) in [6.45, 7) is 6.53. The van der Waals surface area contributed by atoms with Crippen LogP contribution in [-0.2, 0) is 6.54 Å². The Morgan fingerprint density at radius 3 is 2.53 bits per heavy atom. The summed E-state index contributed by atoms with van der Waals surface area (Å²) in [6, 6.07) is 1.73. The highest BCUT2D eigenvalue weighted by Crippen LogP contribution is 2.18. The molecule has 1 aromatic heterocycles. The van der Waals surface area contributed by atoms with Gasteiger partial charge in [-0.1, -0.05) is 13.8 Å². The lowest BCUT2D eigenvalue weighted by molar-refractivity contribution is 0.0868. The van der Waals surface area contributed by atoms with Crippen molar-refractivity contribution in [3.63, 3.8) is 0 Å². The van der Waals surface area contributed by atoms with E-state index in [4.69, 9.17) is 5.73 Å². The third kappa shape index (κ3) is 2.09. The van der Waals surface area contributed by atoms with Crippen molar-refractivity contribution >= 4 is 5.78 Å². The summed E-state index contributed by atoms with van der Waals surface area (Å²) in [7, 11) is 0. The Morgan fingerprint density at radius 1 is 1.47 bits per heavy atom. The van der Waals surface area contributed by atoms with E-state index >= 15 is 0 Å². The Kier molecular flexibility index (Phi) is 3.63. The summed E-state index contributed by atoms with van der Waals surface area (Å²) in [6.07, 6.45) is 2.94. The first kappa shape index (κ1) is 11.9. The number of carbonyl (C=O) groups excluding carboxylic acids is 1. The number of hydrogen-bond acceptors (Lipinski definition) is 3. The van der Waals surface area contributed by atoms with E-state index in [2.05, 4.69) is 5.10 Å². The Bertz CT molecular complexity index is 339. The van der Waals surface area contributed by atoms with Crippen LogP contribution in [0, 0.1) is 0 Å². The largest absolute Gasteiger partial charge is 0.319 e. The van der Waals surface area contributed by atoms with Crippen molar-refractivity contribution in [1.29, 1.82) is 0 Å². The van der Waals surface area contributed by atoms with E-state index < -0.39 is 5.54 Å². The molecular formula is C11H19N3O. The lowest BCUT2D eigenvalue weighted by Crippen LogP contribution is -2.47. The van der Waals surface area contributed by atoms with Crippen molar-refractivity contribution in [3.05, 3.63) is 18.0 Å². The summed E-state index contributed by atoms with van der Waals surface area (Å²) in [5.41, 5.74) is 5.94. The van der Waals surface area contributed by atoms with E-state index in [1.165, 1.54) is 0 Å². The Labute approximate surface area is 90.5 Å². The van der Waals surface area contributed by atoms with Gasteiger partial charge in [-0.05, 0) is 25.8 Å². The van der Waals surface area contributed by atoms with E-state index in [0.29, 0.717) is 25.1 Å². The molecular weight excluding hydrogens is 190 g/mol. The zero-order valence-electron chi connectivity index (χ0n) is 9.66. The minimum absolute atomic E-state index is 0.00755. The molecule has 0 aliphatic rings. The Hall–Kier alpha value is -1.16. The number of carbonyl (C=O) groups is 1. The number of Topliss-reactive ketones (excluding diaryl/α,β-unsaturated/α-hetero) is 1. The first-order valence-corrected chi connectivity index (χ1v) is 5.44. The summed E-state index contributed by atoms with van der Waals surface area (Å²) < 4.78 is 1.69. The fourth-order valence-electron chi connectivity index (χ4n) is 1.60. The van der Waals surface area contributed by atoms with Gasteiger partial charge in [-0.15, -0.1) is 0 Å². The molecule has 0 amide bonds. The molecule has 4 heteroatoms. The van der Waals surface area contributed by atoms with E-state index in [1.807, 2.05) is 20.8 Å². The van der Waals surface area contributed by atoms with Gasteiger partial charge in [0.25, 0.3) is 0 Å². The minimum atomic E-state index is -0.743. The lowest BCUT2D eigenvalue weighted by atomic mass is 9.87. The van der Waals surface area contributed by atoms with Crippen molar-refractivity contribution in [2.45, 2.75) is 45.7 Å². The molecule has 0 bridgehead atoms. The van der Waals surface area contributed by atoms with Crippen LogP contribution in [-0.4, -0.2) is 21.1 Å². The van der Waals surface area contributed by atoms with Crippen LogP contribution in [0.2, 0.25) is 0 Å². The Balaban J connectivity index is 3.03. The van der Waals surface area contributed by atoms with Gasteiger partial charge in [0.15, 0.2) is 0 Å². The van der Waals surface area contributed by atoms with Gasteiger partial charge in [0, 0.05) is 12.7 Å². The molecule has 0 aliphatic heterocycles. The van der Waals surface area contributed by atoms with E-state index in [0.717, 1.165) is 0 Å². The number of rotatable bonds is 5. The van der Waals surface area contributed by atoms with Crippen LogP contribution in [0.5, 0.6) is 0 Å². The van der Waals surface area contributed by atoms with Crippen molar-refractivity contribution in [2.75, 3.05) is 0 Å². The number of aryl methyl sites for hydroxylation is 1. The van der Waals surface area contributed by atoms with Crippen molar-refractivity contribution in [2.24, 2.45) is 5.73 Å². The van der Waals surface area contributed by atoms with Crippen LogP contribution in [0.3, 0.4) is 0 Å². The molecule has 0 unspecified atom stereocenters. The van der Waals surface area contributed by atoms with Gasteiger partial charge in [0.1, 0.15) is 5.69 Å². The molecule has 15 heavy (non-hydrogen) atoms. The van der Waals surface area contributed by atoms with E-state index in [1.54, 1.807) is 16.9 Å². The second-order valence-electron chi connectivity index (χ2n) is 3.72. The molecule has 1 heterocycles. The maximum atomic E-state index is 12.2. The first-order valence-electron chi connectivity index (χ1n) is 5.44. The number of aromatic nitrogens is 2. The molecule has 0 aliphatic carbocycles. The van der Waals surface area contributed by atoms with Gasteiger partial charge < -0.3 is 5.73 Å². The van der Waals surface area contributed by atoms with Crippen LogP contribution in [0.15, 0.2) is 12.3 Å². The SMILES string of the molecule is CCn1nccc1C(=O)C(N)(CC)CC. The second-order valence-corrected chi connectivity index (χ2v) is 3.72. The normalized spacial score (nSPS) is 11.7. The topological polar surface area (TPSA) is 60.9 Å². The molecule has 4 nitrogen and oxygen atoms in total. The molecule has 0 aromatic carbocycles. The molecule has 84 valence electrons. The quantitative estimate of drug-likeness (QED) is 0.749. The van der Waals surface area contributed by atoms with Crippen LogP contribution in [0.1, 0.15) is 44.1 Å². The molecule has 1 aromatic rings. The average Bonchev–Trinajstić information content (AvgIpc) is 2.74. The highest BCUT2D eigenvalue weighted by molar-refractivity contribution is 6.01. The molecule has 2 N–H and O–H groups in total. The number of ketones is 1. The summed E-state index contributed by atoms with van der Waals surface area (Å²) in [4.78, 5) is 12.2. The molecule has 1 rings (SSSR count). The van der Waals surface area contributed by atoms with Gasteiger partial charge in [-0.2, -0.15) is 5.10 Å². The standard InChI is InChI=1S/C11H19N3O/c1-4-11(12,5-2)10(15)9-7-8-13-14(9)6-3/h7-8H,4-6,12H2,1-3H3. The predicted molar refractivity (Wildman–Crippen MR) is 59.7 cm³/mol. The van der Waals surface area contributed by atoms with Crippen LogP contribution in [0.25, 0.3) is 0 Å². The molecule has 0 fully saturated rings. The summed E-state index contributed by atoms with van der Waals surface area (Å²) in [5.74, 6) is -0.00755. The fourth-order valence-corrected chi connectivity index (χ4v) is 1.60. The van der Waals surface area contributed by atoms with E-state index in [-0.39, 0.29) is 5.78 Å². The van der Waals surface area contributed by atoms with Crippen LogP contribution in [0.4, 0.5) is 0 Å². The smallest absolute Gasteiger partial charge is 0.200 e. The molecule has 0 saturated carbocycles. The van der Waals surface area contributed by atoms with Gasteiger partial charge in [0.05, 0.1) is 5.54 Å². The molecule has 0 spiro atoms. The number of hydrogen-bond donors (Lipinski definition) is 1. The van der Waals surface area contributed by atoms with Crippen LogP contribution >= 0.6 is 0 Å². The van der Waals surface area contributed by atoms with Crippen molar-refractivity contribution in [1.82, 2.24) is 9.78 Å². The maximum Gasteiger partial charge on any atom is 0.200 e. The fraction of sp³-hybridized carbons (Fsp3) is 0.636. The Morgan fingerprint density at radius 2 is 2.07 bits per heavy atom. The van der Waals surface area contributed by atoms with Crippen molar-refractivity contribution < 1.29 is 4.79 Å². The number of nitrogens with two attached hydrogens (primary N) is 1. The van der Waals surface area contributed by atoms with Gasteiger partial charge in [0.2, 0.25) is 5.78 Å². The van der Waals surface area contributed by atoms with E-state index in [9.17, 15) is 4.79 Å². The van der Waals surface area contributed by atoms with Gasteiger partial charge in [-0.3, -0.25) is 9.48 Å². The van der Waals surface area contributed by atoms with Crippen LogP contribution < -0.4 is 5.73 Å².